The van der Waals surface area contributed by atoms with Gasteiger partial charge in [-0.05, 0) is 50.5 Å². The van der Waals surface area contributed by atoms with Crippen molar-refractivity contribution in [2.75, 3.05) is 16.8 Å². The van der Waals surface area contributed by atoms with E-state index in [-0.39, 0.29) is 5.91 Å². The predicted molar refractivity (Wildman–Crippen MR) is 106 cm³/mol. The summed E-state index contributed by atoms with van der Waals surface area (Å²) in [7, 11) is 0. The van der Waals surface area contributed by atoms with Crippen LogP contribution in [0.5, 0.6) is 0 Å². The third-order valence-electron chi connectivity index (χ3n) is 4.45. The highest BCUT2D eigenvalue weighted by Gasteiger charge is 2.25. The van der Waals surface area contributed by atoms with Crippen LogP contribution in [0.4, 0.5) is 16.6 Å². The molecule has 5 nitrogen and oxygen atoms in total. The van der Waals surface area contributed by atoms with Crippen molar-refractivity contribution in [1.82, 2.24) is 9.97 Å². The van der Waals surface area contributed by atoms with Crippen molar-refractivity contribution in [1.29, 1.82) is 0 Å². The minimum atomic E-state index is -0.0451. The number of aryl methyl sites for hydroxylation is 3. The topological polar surface area (TPSA) is 58.1 Å². The molecule has 0 spiro atoms. The average Bonchev–Trinajstić information content (AvgIpc) is 3.09. The Morgan fingerprint density at radius 3 is 2.92 bits per heavy atom. The van der Waals surface area contributed by atoms with Crippen molar-refractivity contribution in [3.05, 3.63) is 64.3 Å². The maximum absolute atomic E-state index is 13.0. The molecule has 1 aliphatic heterocycles. The minimum absolute atomic E-state index is 0.0451. The molecule has 1 N–H and O–H groups in total. The highest BCUT2D eigenvalue weighted by molar-refractivity contribution is 7.14. The Bertz CT molecular complexity index is 966. The van der Waals surface area contributed by atoms with Gasteiger partial charge < -0.3 is 10.2 Å². The summed E-state index contributed by atoms with van der Waals surface area (Å²) in [5.41, 5.74) is 4.88. The Hall–Kier alpha value is -2.73. The second-order valence-corrected chi connectivity index (χ2v) is 7.38. The summed E-state index contributed by atoms with van der Waals surface area (Å²) in [5, 5.41) is 5.66. The quantitative estimate of drug-likeness (QED) is 0.744. The first-order valence-electron chi connectivity index (χ1n) is 8.68. The van der Waals surface area contributed by atoms with Gasteiger partial charge >= 0.3 is 0 Å². The van der Waals surface area contributed by atoms with Crippen LogP contribution in [-0.2, 0) is 6.42 Å². The van der Waals surface area contributed by atoms with Crippen LogP contribution in [0.25, 0.3) is 0 Å². The number of hydrogen-bond acceptors (Lipinski definition) is 5. The van der Waals surface area contributed by atoms with Gasteiger partial charge in [-0.3, -0.25) is 4.79 Å². The zero-order valence-electron chi connectivity index (χ0n) is 14.8. The summed E-state index contributed by atoms with van der Waals surface area (Å²) in [6.45, 7) is 4.75. The lowest BCUT2D eigenvalue weighted by Gasteiger charge is -2.29. The van der Waals surface area contributed by atoms with Gasteiger partial charge in [0.2, 0.25) is 0 Å². The van der Waals surface area contributed by atoms with Gasteiger partial charge in [0.1, 0.15) is 11.5 Å². The molecule has 1 aliphatic rings. The molecule has 0 unspecified atom stereocenters. The van der Waals surface area contributed by atoms with Crippen molar-refractivity contribution in [3.63, 3.8) is 0 Å². The number of benzene rings is 1. The van der Waals surface area contributed by atoms with Gasteiger partial charge in [0.25, 0.3) is 5.91 Å². The van der Waals surface area contributed by atoms with Crippen molar-refractivity contribution in [3.8, 4) is 0 Å². The second kappa shape index (κ2) is 6.88. The van der Waals surface area contributed by atoms with Gasteiger partial charge in [-0.2, -0.15) is 0 Å². The number of nitrogens with zero attached hydrogens (tertiary/aromatic N) is 3. The van der Waals surface area contributed by atoms with Crippen LogP contribution in [0, 0.1) is 13.8 Å². The van der Waals surface area contributed by atoms with Gasteiger partial charge in [0.05, 0.1) is 0 Å². The molecular weight excluding hydrogens is 344 g/mol. The fourth-order valence-electron chi connectivity index (χ4n) is 3.23. The highest BCUT2D eigenvalue weighted by Crippen LogP contribution is 2.30. The molecule has 1 amide bonds. The molecule has 0 fully saturated rings. The number of anilines is 3. The molecule has 4 rings (SSSR count). The number of amides is 1. The summed E-state index contributed by atoms with van der Waals surface area (Å²) in [6.07, 6.45) is 1.99. The van der Waals surface area contributed by atoms with Crippen LogP contribution in [0.3, 0.4) is 0 Å². The maximum atomic E-state index is 13.0. The summed E-state index contributed by atoms with van der Waals surface area (Å²) >= 11 is 1.42. The maximum Gasteiger partial charge on any atom is 0.277 e. The number of nitrogens with one attached hydrogen (secondary N) is 1. The van der Waals surface area contributed by atoms with Gasteiger partial charge in [0.15, 0.2) is 5.13 Å². The average molecular weight is 364 g/mol. The van der Waals surface area contributed by atoms with Crippen molar-refractivity contribution < 1.29 is 4.79 Å². The van der Waals surface area contributed by atoms with Crippen molar-refractivity contribution in [2.45, 2.75) is 26.7 Å². The van der Waals surface area contributed by atoms with Crippen LogP contribution < -0.4 is 10.2 Å². The summed E-state index contributed by atoms with van der Waals surface area (Å²) in [4.78, 5) is 23.7. The van der Waals surface area contributed by atoms with Crippen LogP contribution in [0.2, 0.25) is 0 Å². The minimum Gasteiger partial charge on any atom is -0.316 e. The largest absolute Gasteiger partial charge is 0.316 e. The molecular formula is C20H20N4OS. The number of carbonyl (C=O) groups excluding carboxylic acids is 1. The lowest BCUT2D eigenvalue weighted by atomic mass is 9.99. The van der Waals surface area contributed by atoms with E-state index in [1.807, 2.05) is 41.5 Å². The SMILES string of the molecule is Cc1ccc2c(c1)CCCN2C(=O)c1csc(Nc2cccc(C)n2)n1. The van der Waals surface area contributed by atoms with E-state index in [0.29, 0.717) is 10.8 Å². The monoisotopic (exact) mass is 364 g/mol. The van der Waals surface area contributed by atoms with E-state index in [1.54, 1.807) is 0 Å². The molecule has 26 heavy (non-hydrogen) atoms. The molecule has 132 valence electrons. The van der Waals surface area contributed by atoms with Gasteiger partial charge in [0, 0.05) is 23.3 Å². The Kier molecular flexibility index (Phi) is 4.42. The molecule has 0 bridgehead atoms. The van der Waals surface area contributed by atoms with E-state index in [2.05, 4.69) is 34.3 Å². The smallest absolute Gasteiger partial charge is 0.277 e. The zero-order chi connectivity index (χ0) is 18.1. The standard InChI is InChI=1S/C20H20N4OS/c1-13-8-9-17-15(11-13)6-4-10-24(17)19(25)16-12-26-20(22-16)23-18-7-3-5-14(2)21-18/h3,5,7-9,11-12H,4,6,10H2,1-2H3,(H,21,22,23). The first-order valence-corrected chi connectivity index (χ1v) is 9.56. The fourth-order valence-corrected chi connectivity index (χ4v) is 3.92. The Balaban J connectivity index is 1.56. The number of hydrogen-bond donors (Lipinski definition) is 1. The Labute approximate surface area is 156 Å². The number of aromatic nitrogens is 2. The van der Waals surface area contributed by atoms with Crippen molar-refractivity contribution in [2.24, 2.45) is 0 Å². The molecule has 0 saturated carbocycles. The lowest BCUT2D eigenvalue weighted by molar-refractivity contribution is 0.0981. The molecule has 1 aromatic carbocycles. The second-order valence-electron chi connectivity index (χ2n) is 6.52. The number of rotatable bonds is 3. The summed E-state index contributed by atoms with van der Waals surface area (Å²) in [5.74, 6) is 0.688. The van der Waals surface area contributed by atoms with Crippen LogP contribution >= 0.6 is 11.3 Å². The van der Waals surface area contributed by atoms with E-state index in [0.717, 1.165) is 36.6 Å². The number of carbonyl (C=O) groups is 1. The van der Waals surface area contributed by atoms with Gasteiger partial charge in [-0.15, -0.1) is 11.3 Å². The number of thiazole rings is 1. The van der Waals surface area contributed by atoms with E-state index >= 15 is 0 Å². The van der Waals surface area contributed by atoms with Crippen LogP contribution in [0.1, 0.15) is 33.7 Å². The Morgan fingerprint density at radius 1 is 1.19 bits per heavy atom. The zero-order valence-corrected chi connectivity index (χ0v) is 15.6. The van der Waals surface area contributed by atoms with E-state index in [1.165, 1.54) is 22.5 Å². The molecule has 6 heteroatoms. The molecule has 2 aromatic heterocycles. The number of pyridine rings is 1. The third-order valence-corrected chi connectivity index (χ3v) is 5.20. The molecule has 0 aliphatic carbocycles. The predicted octanol–water partition coefficient (Wildman–Crippen LogP) is 4.49. The molecule has 3 heterocycles. The Morgan fingerprint density at radius 2 is 2.08 bits per heavy atom. The van der Waals surface area contributed by atoms with Crippen LogP contribution in [-0.4, -0.2) is 22.4 Å². The van der Waals surface area contributed by atoms with E-state index in [4.69, 9.17) is 0 Å². The molecule has 0 saturated heterocycles. The summed E-state index contributed by atoms with van der Waals surface area (Å²) < 4.78 is 0. The molecule has 0 radical (unpaired) electrons. The fraction of sp³-hybridized carbons (Fsp3) is 0.250. The first kappa shape index (κ1) is 16.7. The van der Waals surface area contributed by atoms with E-state index in [9.17, 15) is 4.79 Å². The normalized spacial score (nSPS) is 13.4. The van der Waals surface area contributed by atoms with Gasteiger partial charge in [-0.25, -0.2) is 9.97 Å². The van der Waals surface area contributed by atoms with E-state index < -0.39 is 0 Å². The number of fused-ring (bicyclic) bond motifs is 1. The molecule has 0 atom stereocenters. The first-order chi connectivity index (χ1) is 12.6. The third kappa shape index (κ3) is 3.32. The highest BCUT2D eigenvalue weighted by atomic mass is 32.1. The lowest BCUT2D eigenvalue weighted by Crippen LogP contribution is -2.35. The molecule has 3 aromatic rings. The van der Waals surface area contributed by atoms with Crippen LogP contribution in [0.15, 0.2) is 41.8 Å². The van der Waals surface area contributed by atoms with Gasteiger partial charge in [-0.1, -0.05) is 23.8 Å². The summed E-state index contributed by atoms with van der Waals surface area (Å²) in [6, 6.07) is 12.0. The van der Waals surface area contributed by atoms with Crippen molar-refractivity contribution >= 4 is 33.9 Å².